The molecule has 5 unspecified atom stereocenters. The molecule has 3 fully saturated rings. The molecule has 2 N–H and O–H groups in total. The molecule has 3 aliphatic rings. The van der Waals surface area contributed by atoms with E-state index in [1.54, 1.807) is 0 Å². The van der Waals surface area contributed by atoms with E-state index in [1.807, 2.05) is 0 Å². The van der Waals surface area contributed by atoms with E-state index >= 15 is 0 Å². The van der Waals surface area contributed by atoms with E-state index in [0.717, 1.165) is 38.0 Å². The third-order valence-electron chi connectivity index (χ3n) is 5.84. The molecule has 0 radical (unpaired) electrons. The third kappa shape index (κ3) is 2.70. The zero-order valence-corrected chi connectivity index (χ0v) is 12.0. The summed E-state index contributed by atoms with van der Waals surface area (Å²) in [5.74, 6) is 0.947. The highest BCUT2D eigenvalue weighted by Crippen LogP contribution is 2.48. The summed E-state index contributed by atoms with van der Waals surface area (Å²) in [5, 5.41) is 12.3. The quantitative estimate of drug-likeness (QED) is 0.830. The molecule has 0 spiro atoms. The summed E-state index contributed by atoms with van der Waals surface area (Å²) < 4.78 is 0. The number of aliphatic carboxylic acids is 1. The molecule has 1 amide bonds. The van der Waals surface area contributed by atoms with Crippen LogP contribution in [0.1, 0.15) is 51.4 Å². The van der Waals surface area contributed by atoms with Crippen LogP contribution in [0.3, 0.4) is 0 Å². The van der Waals surface area contributed by atoms with Crippen molar-refractivity contribution in [3.05, 3.63) is 0 Å². The van der Waals surface area contributed by atoms with Gasteiger partial charge in [-0.25, -0.2) is 0 Å². The molecule has 3 saturated carbocycles. The lowest BCUT2D eigenvalue weighted by Gasteiger charge is -2.29. The number of carbonyl (C=O) groups is 2. The predicted octanol–water partition coefficient (Wildman–Crippen LogP) is 2.43. The van der Waals surface area contributed by atoms with Crippen molar-refractivity contribution in [2.45, 2.75) is 51.4 Å². The average molecular weight is 279 g/mol. The van der Waals surface area contributed by atoms with E-state index in [0.29, 0.717) is 12.5 Å². The van der Waals surface area contributed by atoms with Crippen LogP contribution in [0.25, 0.3) is 0 Å². The maximum Gasteiger partial charge on any atom is 0.306 e. The van der Waals surface area contributed by atoms with E-state index in [9.17, 15) is 14.7 Å². The van der Waals surface area contributed by atoms with Gasteiger partial charge in [-0.15, -0.1) is 0 Å². The van der Waals surface area contributed by atoms with Gasteiger partial charge in [-0.05, 0) is 49.9 Å². The van der Waals surface area contributed by atoms with Crippen molar-refractivity contribution in [3.63, 3.8) is 0 Å². The number of amides is 1. The smallest absolute Gasteiger partial charge is 0.306 e. The highest BCUT2D eigenvalue weighted by atomic mass is 16.4. The number of carbonyl (C=O) groups excluding carboxylic acids is 1. The van der Waals surface area contributed by atoms with Crippen LogP contribution < -0.4 is 5.32 Å². The Kier molecular flexibility index (Phi) is 3.99. The first kappa shape index (κ1) is 13.9. The van der Waals surface area contributed by atoms with Crippen molar-refractivity contribution < 1.29 is 14.7 Å². The molecular weight excluding hydrogens is 254 g/mol. The molecule has 2 bridgehead atoms. The Balaban J connectivity index is 1.50. The molecule has 0 heterocycles. The number of rotatable bonds is 4. The molecule has 112 valence electrons. The molecule has 0 saturated heterocycles. The molecule has 20 heavy (non-hydrogen) atoms. The van der Waals surface area contributed by atoms with E-state index in [1.165, 1.54) is 19.3 Å². The van der Waals surface area contributed by atoms with Crippen molar-refractivity contribution in [2.24, 2.45) is 29.6 Å². The maximum atomic E-state index is 12.3. The molecule has 0 aromatic heterocycles. The Labute approximate surface area is 120 Å². The maximum absolute atomic E-state index is 12.3. The summed E-state index contributed by atoms with van der Waals surface area (Å²) in [6.45, 7) is 0.559. The molecule has 0 aromatic rings. The zero-order chi connectivity index (χ0) is 14.1. The SMILES string of the molecule is O=C(O)C1CCCCC1CNC(=O)C1CC2CCC1C2. The number of nitrogens with one attached hydrogen (secondary N) is 1. The summed E-state index contributed by atoms with van der Waals surface area (Å²) in [5.41, 5.74) is 0. The predicted molar refractivity (Wildman–Crippen MR) is 75.0 cm³/mol. The van der Waals surface area contributed by atoms with Crippen LogP contribution in [0.15, 0.2) is 0 Å². The Morgan fingerprint density at radius 1 is 1.00 bits per heavy atom. The van der Waals surface area contributed by atoms with Crippen molar-refractivity contribution in [1.29, 1.82) is 0 Å². The minimum absolute atomic E-state index is 0.129. The lowest BCUT2D eigenvalue weighted by atomic mass is 9.79. The number of carboxylic acids is 1. The highest BCUT2D eigenvalue weighted by Gasteiger charge is 2.43. The Morgan fingerprint density at radius 2 is 1.80 bits per heavy atom. The average Bonchev–Trinajstić information content (AvgIpc) is 3.07. The van der Waals surface area contributed by atoms with Gasteiger partial charge in [0.05, 0.1) is 5.92 Å². The lowest BCUT2D eigenvalue weighted by molar-refractivity contribution is -0.145. The van der Waals surface area contributed by atoms with Gasteiger partial charge in [0.25, 0.3) is 0 Å². The minimum atomic E-state index is -0.691. The fourth-order valence-corrected chi connectivity index (χ4v) is 4.71. The van der Waals surface area contributed by atoms with Gasteiger partial charge in [-0.1, -0.05) is 19.3 Å². The van der Waals surface area contributed by atoms with Crippen LogP contribution in [0.4, 0.5) is 0 Å². The monoisotopic (exact) mass is 279 g/mol. The van der Waals surface area contributed by atoms with Gasteiger partial charge in [-0.2, -0.15) is 0 Å². The highest BCUT2D eigenvalue weighted by molar-refractivity contribution is 5.79. The zero-order valence-electron chi connectivity index (χ0n) is 12.0. The van der Waals surface area contributed by atoms with E-state index in [-0.39, 0.29) is 23.7 Å². The van der Waals surface area contributed by atoms with Crippen LogP contribution in [-0.2, 0) is 9.59 Å². The van der Waals surface area contributed by atoms with Crippen LogP contribution >= 0.6 is 0 Å². The van der Waals surface area contributed by atoms with Gasteiger partial charge in [0, 0.05) is 12.5 Å². The molecule has 3 rings (SSSR count). The fourth-order valence-electron chi connectivity index (χ4n) is 4.71. The van der Waals surface area contributed by atoms with E-state index in [4.69, 9.17) is 0 Å². The van der Waals surface area contributed by atoms with Crippen LogP contribution in [0.2, 0.25) is 0 Å². The molecule has 4 heteroatoms. The van der Waals surface area contributed by atoms with Gasteiger partial charge < -0.3 is 10.4 Å². The normalized spacial score (nSPS) is 39.7. The second-order valence-corrected chi connectivity index (χ2v) is 7.02. The molecule has 0 aliphatic heterocycles. The summed E-state index contributed by atoms with van der Waals surface area (Å²) in [7, 11) is 0. The van der Waals surface area contributed by atoms with Crippen molar-refractivity contribution in [3.8, 4) is 0 Å². The molecule has 3 aliphatic carbocycles. The van der Waals surface area contributed by atoms with Crippen LogP contribution in [-0.4, -0.2) is 23.5 Å². The van der Waals surface area contributed by atoms with Crippen LogP contribution in [0.5, 0.6) is 0 Å². The summed E-state index contributed by atoms with van der Waals surface area (Å²) in [4.78, 5) is 23.6. The Hall–Kier alpha value is -1.06. The summed E-state index contributed by atoms with van der Waals surface area (Å²) >= 11 is 0. The van der Waals surface area contributed by atoms with Gasteiger partial charge in [0.1, 0.15) is 0 Å². The van der Waals surface area contributed by atoms with Crippen molar-refractivity contribution in [2.75, 3.05) is 6.54 Å². The standard InChI is InChI=1S/C16H25NO3/c18-15(14-8-10-5-6-11(14)7-10)17-9-12-3-1-2-4-13(12)16(19)20/h10-14H,1-9H2,(H,17,18)(H,19,20). The molecule has 5 atom stereocenters. The molecule has 4 nitrogen and oxygen atoms in total. The topological polar surface area (TPSA) is 66.4 Å². The summed E-state index contributed by atoms with van der Waals surface area (Å²) in [6.07, 6.45) is 8.62. The molecular formula is C16H25NO3. The first-order valence-corrected chi connectivity index (χ1v) is 8.15. The molecule has 0 aromatic carbocycles. The van der Waals surface area contributed by atoms with Gasteiger partial charge in [0.15, 0.2) is 0 Å². The lowest BCUT2D eigenvalue weighted by Crippen LogP contribution is -2.40. The second-order valence-electron chi connectivity index (χ2n) is 7.02. The first-order valence-electron chi connectivity index (χ1n) is 8.15. The Morgan fingerprint density at radius 3 is 2.45 bits per heavy atom. The van der Waals surface area contributed by atoms with Crippen molar-refractivity contribution >= 4 is 11.9 Å². The number of carboxylic acid groups (broad SMARTS) is 1. The largest absolute Gasteiger partial charge is 0.481 e. The minimum Gasteiger partial charge on any atom is -0.481 e. The third-order valence-corrected chi connectivity index (χ3v) is 5.84. The fraction of sp³-hybridized carbons (Fsp3) is 0.875. The number of hydrogen-bond donors (Lipinski definition) is 2. The van der Waals surface area contributed by atoms with E-state index < -0.39 is 5.97 Å². The van der Waals surface area contributed by atoms with Gasteiger partial charge in [0.2, 0.25) is 5.91 Å². The number of hydrogen-bond acceptors (Lipinski definition) is 2. The van der Waals surface area contributed by atoms with Crippen LogP contribution in [0, 0.1) is 29.6 Å². The van der Waals surface area contributed by atoms with Crippen molar-refractivity contribution in [1.82, 2.24) is 5.32 Å². The second kappa shape index (κ2) is 5.74. The summed E-state index contributed by atoms with van der Waals surface area (Å²) in [6, 6.07) is 0. The van der Waals surface area contributed by atoms with Gasteiger partial charge in [-0.3, -0.25) is 9.59 Å². The van der Waals surface area contributed by atoms with Gasteiger partial charge >= 0.3 is 5.97 Å². The first-order chi connectivity index (χ1) is 9.65. The Bertz CT molecular complexity index is 395. The van der Waals surface area contributed by atoms with E-state index in [2.05, 4.69) is 5.32 Å². The number of fused-ring (bicyclic) bond motifs is 2.